The third-order valence-electron chi connectivity index (χ3n) is 5.82. The molecule has 6 heteroatoms. The van der Waals surface area contributed by atoms with Crippen LogP contribution in [0, 0.1) is 0 Å². The minimum absolute atomic E-state index is 0.501. The van der Waals surface area contributed by atoms with Gasteiger partial charge >= 0.3 is 0 Å². The van der Waals surface area contributed by atoms with Gasteiger partial charge in [-0.3, -0.25) is 4.90 Å². The van der Waals surface area contributed by atoms with Crippen molar-refractivity contribution < 1.29 is 4.42 Å². The molecule has 0 aromatic carbocycles. The Kier molecular flexibility index (Phi) is 7.41. The summed E-state index contributed by atoms with van der Waals surface area (Å²) in [5.41, 5.74) is 2.54. The van der Waals surface area contributed by atoms with Crippen molar-refractivity contribution in [1.29, 1.82) is 0 Å². The van der Waals surface area contributed by atoms with E-state index in [9.17, 15) is 0 Å². The molecule has 0 aliphatic carbocycles. The van der Waals surface area contributed by atoms with Gasteiger partial charge in [0.15, 0.2) is 5.16 Å². The molecule has 4 rings (SSSR count). The van der Waals surface area contributed by atoms with Crippen molar-refractivity contribution in [2.24, 2.45) is 0 Å². The van der Waals surface area contributed by atoms with E-state index < -0.39 is 0 Å². The monoisotopic (exact) mass is 412 g/mol. The molecule has 0 amide bonds. The number of piperidine rings is 1. The Morgan fingerprint density at radius 1 is 1.21 bits per heavy atom. The molecule has 2 saturated heterocycles. The number of likely N-dealkylation sites (tertiary alicyclic amines) is 2. The van der Waals surface area contributed by atoms with Crippen LogP contribution in [0.1, 0.15) is 50.0 Å². The number of nitrogens with zero attached hydrogens (tertiary/aromatic N) is 4. The van der Waals surface area contributed by atoms with Crippen LogP contribution in [0.4, 0.5) is 0 Å². The number of thioether (sulfide) groups is 1. The lowest BCUT2D eigenvalue weighted by Crippen LogP contribution is -2.35. The van der Waals surface area contributed by atoms with E-state index in [-0.39, 0.29) is 0 Å². The Bertz CT molecular complexity index is 786. The first-order valence-electron chi connectivity index (χ1n) is 10.9. The van der Waals surface area contributed by atoms with Gasteiger partial charge in [0.25, 0.3) is 0 Å². The second-order valence-corrected chi connectivity index (χ2v) is 9.30. The minimum atomic E-state index is 0.501. The fourth-order valence-corrected chi connectivity index (χ4v) is 5.22. The van der Waals surface area contributed by atoms with Crippen LogP contribution in [0.3, 0.4) is 0 Å². The molecule has 1 atom stereocenters. The highest BCUT2D eigenvalue weighted by molar-refractivity contribution is 7.99. The summed E-state index contributed by atoms with van der Waals surface area (Å²) >= 11 is 1.80. The van der Waals surface area contributed by atoms with Gasteiger partial charge in [0.2, 0.25) is 0 Å². The summed E-state index contributed by atoms with van der Waals surface area (Å²) in [6, 6.07) is 6.06. The second kappa shape index (κ2) is 10.4. The number of hydrogen-bond donors (Lipinski definition) is 0. The SMILES string of the molecule is C/C(=C\c1ccco1)CN1CCCC(c2ccnc(SCCN3CCCC3)n2)C1. The van der Waals surface area contributed by atoms with E-state index in [2.05, 4.69) is 33.8 Å². The van der Waals surface area contributed by atoms with E-state index in [1.807, 2.05) is 18.3 Å². The third-order valence-corrected chi connectivity index (χ3v) is 6.66. The van der Waals surface area contributed by atoms with Gasteiger partial charge in [-0.1, -0.05) is 17.3 Å². The largest absolute Gasteiger partial charge is 0.465 e. The molecule has 0 bridgehead atoms. The maximum atomic E-state index is 5.44. The lowest BCUT2D eigenvalue weighted by atomic mass is 9.94. The average Bonchev–Trinajstić information content (AvgIpc) is 3.43. The molecule has 2 aromatic heterocycles. The van der Waals surface area contributed by atoms with Gasteiger partial charge in [-0.25, -0.2) is 9.97 Å². The Balaban J connectivity index is 1.30. The van der Waals surface area contributed by atoms with Gasteiger partial charge in [-0.2, -0.15) is 0 Å². The van der Waals surface area contributed by atoms with Crippen molar-refractivity contribution in [3.8, 4) is 0 Å². The fourth-order valence-electron chi connectivity index (χ4n) is 4.38. The zero-order chi connectivity index (χ0) is 19.9. The normalized spacial score (nSPS) is 21.7. The van der Waals surface area contributed by atoms with Crippen LogP contribution in [0.25, 0.3) is 6.08 Å². The van der Waals surface area contributed by atoms with Crippen LogP contribution < -0.4 is 0 Å². The quantitative estimate of drug-likeness (QED) is 0.468. The predicted molar refractivity (Wildman–Crippen MR) is 119 cm³/mol. The molecule has 0 spiro atoms. The van der Waals surface area contributed by atoms with E-state index in [1.54, 1.807) is 18.0 Å². The van der Waals surface area contributed by atoms with Gasteiger partial charge in [-0.05, 0) is 76.5 Å². The Labute approximate surface area is 178 Å². The summed E-state index contributed by atoms with van der Waals surface area (Å²) in [5, 5.41) is 0.938. The van der Waals surface area contributed by atoms with E-state index in [4.69, 9.17) is 9.40 Å². The number of aromatic nitrogens is 2. The number of rotatable bonds is 8. The molecule has 2 aliphatic heterocycles. The maximum absolute atomic E-state index is 5.44. The first-order valence-corrected chi connectivity index (χ1v) is 11.9. The average molecular weight is 413 g/mol. The van der Waals surface area contributed by atoms with Crippen molar-refractivity contribution in [1.82, 2.24) is 19.8 Å². The summed E-state index contributed by atoms with van der Waals surface area (Å²) < 4.78 is 5.44. The third kappa shape index (κ3) is 6.17. The van der Waals surface area contributed by atoms with Crippen molar-refractivity contribution in [3.63, 3.8) is 0 Å². The molecule has 2 aromatic rings. The van der Waals surface area contributed by atoms with Crippen molar-refractivity contribution >= 4 is 17.8 Å². The summed E-state index contributed by atoms with van der Waals surface area (Å²) in [7, 11) is 0. The zero-order valence-electron chi connectivity index (χ0n) is 17.4. The van der Waals surface area contributed by atoms with E-state index in [1.165, 1.54) is 50.0 Å². The first kappa shape index (κ1) is 20.6. The highest BCUT2D eigenvalue weighted by Gasteiger charge is 2.23. The van der Waals surface area contributed by atoms with Crippen molar-refractivity contribution in [2.75, 3.05) is 45.0 Å². The van der Waals surface area contributed by atoms with E-state index in [0.29, 0.717) is 5.92 Å². The second-order valence-electron chi connectivity index (χ2n) is 8.24. The predicted octanol–water partition coefficient (Wildman–Crippen LogP) is 4.54. The fraction of sp³-hybridized carbons (Fsp3) is 0.565. The van der Waals surface area contributed by atoms with Crippen molar-refractivity contribution in [3.05, 3.63) is 47.7 Å². The molecule has 0 radical (unpaired) electrons. The van der Waals surface area contributed by atoms with Crippen LogP contribution >= 0.6 is 11.8 Å². The Morgan fingerprint density at radius 3 is 2.90 bits per heavy atom. The van der Waals surface area contributed by atoms with Crippen LogP contribution in [-0.4, -0.2) is 64.8 Å². The molecule has 5 nitrogen and oxygen atoms in total. The molecular weight excluding hydrogens is 380 g/mol. The van der Waals surface area contributed by atoms with Gasteiger partial charge in [0.05, 0.1) is 6.26 Å². The molecule has 2 fully saturated rings. The van der Waals surface area contributed by atoms with Crippen LogP contribution in [0.2, 0.25) is 0 Å². The Hall–Kier alpha value is -1.63. The molecule has 29 heavy (non-hydrogen) atoms. The van der Waals surface area contributed by atoms with Gasteiger partial charge < -0.3 is 9.32 Å². The van der Waals surface area contributed by atoms with Crippen molar-refractivity contribution in [2.45, 2.75) is 43.7 Å². The standard InChI is InChI=1S/C23H32N4OS/c1-19(16-21-7-5-14-28-21)17-27-12-4-6-20(18-27)22-8-9-24-23(25-22)29-15-13-26-10-2-3-11-26/h5,7-9,14,16,20H,2-4,6,10-13,15,17-18H2,1H3/b19-16+. The molecule has 1 unspecified atom stereocenters. The molecule has 0 N–H and O–H groups in total. The minimum Gasteiger partial charge on any atom is -0.465 e. The van der Waals surface area contributed by atoms with E-state index in [0.717, 1.165) is 42.8 Å². The first-order chi connectivity index (χ1) is 14.3. The summed E-state index contributed by atoms with van der Waals surface area (Å²) in [6.45, 7) is 9.06. The topological polar surface area (TPSA) is 45.4 Å². The van der Waals surface area contributed by atoms with Crippen LogP contribution in [0.5, 0.6) is 0 Å². The van der Waals surface area contributed by atoms with Gasteiger partial charge in [0.1, 0.15) is 5.76 Å². The molecule has 2 aliphatic rings. The summed E-state index contributed by atoms with van der Waals surface area (Å²) in [5.74, 6) is 2.51. The maximum Gasteiger partial charge on any atom is 0.187 e. The molecule has 4 heterocycles. The van der Waals surface area contributed by atoms with Gasteiger partial charge in [-0.15, -0.1) is 0 Å². The van der Waals surface area contributed by atoms with Crippen LogP contribution in [-0.2, 0) is 0 Å². The summed E-state index contributed by atoms with van der Waals surface area (Å²) in [4.78, 5) is 14.5. The van der Waals surface area contributed by atoms with E-state index >= 15 is 0 Å². The highest BCUT2D eigenvalue weighted by Crippen LogP contribution is 2.27. The zero-order valence-corrected chi connectivity index (χ0v) is 18.2. The lowest BCUT2D eigenvalue weighted by Gasteiger charge is -2.32. The molecule has 156 valence electrons. The highest BCUT2D eigenvalue weighted by atomic mass is 32.2. The van der Waals surface area contributed by atoms with Gasteiger partial charge in [0, 0.05) is 43.2 Å². The summed E-state index contributed by atoms with van der Waals surface area (Å²) in [6.07, 6.45) is 11.0. The lowest BCUT2D eigenvalue weighted by molar-refractivity contribution is 0.221. The molecular formula is C23H32N4OS. The Morgan fingerprint density at radius 2 is 2.07 bits per heavy atom. The smallest absolute Gasteiger partial charge is 0.187 e. The molecule has 0 saturated carbocycles. The number of furan rings is 1. The number of hydrogen-bond acceptors (Lipinski definition) is 6. The van der Waals surface area contributed by atoms with Crippen LogP contribution in [0.15, 0.2) is 45.8 Å².